The Hall–Kier alpha value is -0.870. The maximum atomic E-state index is 9.93. The van der Waals surface area contributed by atoms with E-state index >= 15 is 0 Å². The molecule has 1 aliphatic heterocycles. The van der Waals surface area contributed by atoms with Crippen LogP contribution in [-0.2, 0) is 7.05 Å². The Balaban J connectivity index is 2.31. The van der Waals surface area contributed by atoms with Gasteiger partial charge in [-0.25, -0.2) is 4.98 Å². The second kappa shape index (κ2) is 3.94. The molecular formula is C11H19N3O. The van der Waals surface area contributed by atoms with Gasteiger partial charge in [-0.3, -0.25) is 0 Å². The average molecular weight is 209 g/mol. The van der Waals surface area contributed by atoms with E-state index in [1.807, 2.05) is 14.0 Å². The Morgan fingerprint density at radius 1 is 1.47 bits per heavy atom. The van der Waals surface area contributed by atoms with E-state index in [-0.39, 0.29) is 12.1 Å². The molecule has 2 heterocycles. The summed E-state index contributed by atoms with van der Waals surface area (Å²) in [4.78, 5) is 4.52. The molecule has 0 bridgehead atoms. The topological polar surface area (TPSA) is 50.1 Å². The van der Waals surface area contributed by atoms with Crippen molar-refractivity contribution in [1.82, 2.24) is 14.9 Å². The molecule has 0 saturated carbocycles. The predicted octanol–water partition coefficient (Wildman–Crippen LogP) is 0.822. The minimum absolute atomic E-state index is 0.00356. The van der Waals surface area contributed by atoms with Gasteiger partial charge in [0.1, 0.15) is 5.82 Å². The summed E-state index contributed by atoms with van der Waals surface area (Å²) in [5.41, 5.74) is 2.22. The zero-order valence-electron chi connectivity index (χ0n) is 9.62. The Bertz CT molecular complexity index is 359. The molecule has 15 heavy (non-hydrogen) atoms. The van der Waals surface area contributed by atoms with Gasteiger partial charge in [0, 0.05) is 12.7 Å². The van der Waals surface area contributed by atoms with Crippen LogP contribution in [0.3, 0.4) is 0 Å². The quantitative estimate of drug-likeness (QED) is 0.720. The molecule has 1 aliphatic rings. The highest BCUT2D eigenvalue weighted by molar-refractivity contribution is 5.17. The lowest BCUT2D eigenvalue weighted by atomic mass is 10.0. The number of aromatic nitrogens is 2. The molecule has 2 unspecified atom stereocenters. The fourth-order valence-corrected chi connectivity index (χ4v) is 2.16. The lowest BCUT2D eigenvalue weighted by molar-refractivity contribution is 0.0914. The zero-order valence-corrected chi connectivity index (χ0v) is 9.62. The van der Waals surface area contributed by atoms with E-state index in [1.54, 1.807) is 0 Å². The maximum absolute atomic E-state index is 9.93. The van der Waals surface area contributed by atoms with Gasteiger partial charge in [-0.15, -0.1) is 0 Å². The number of nitrogens with zero attached hydrogens (tertiary/aromatic N) is 2. The van der Waals surface area contributed by atoms with Gasteiger partial charge in [0.15, 0.2) is 0 Å². The van der Waals surface area contributed by atoms with E-state index in [1.165, 1.54) is 5.69 Å². The number of nitrogens with one attached hydrogen (secondary N) is 1. The molecule has 4 heteroatoms. The first-order valence-electron chi connectivity index (χ1n) is 5.52. The lowest BCUT2D eigenvalue weighted by Gasteiger charge is -2.28. The molecule has 2 N–H and O–H groups in total. The van der Waals surface area contributed by atoms with Crippen molar-refractivity contribution in [2.24, 2.45) is 7.05 Å². The standard InChI is InChI=1S/C11H19N3O/c1-7-8(2)14(3)11(13-7)10-9(15)5-4-6-12-10/h9-10,12,15H,4-6H2,1-3H3. The summed E-state index contributed by atoms with van der Waals surface area (Å²) in [6.45, 7) is 5.03. The number of hydrogen-bond donors (Lipinski definition) is 2. The van der Waals surface area contributed by atoms with E-state index in [4.69, 9.17) is 0 Å². The Morgan fingerprint density at radius 3 is 2.73 bits per heavy atom. The molecule has 2 atom stereocenters. The van der Waals surface area contributed by atoms with E-state index < -0.39 is 0 Å². The molecule has 0 aromatic carbocycles. The van der Waals surface area contributed by atoms with E-state index in [0.29, 0.717) is 0 Å². The van der Waals surface area contributed by atoms with E-state index in [0.717, 1.165) is 30.9 Å². The highest BCUT2D eigenvalue weighted by atomic mass is 16.3. The van der Waals surface area contributed by atoms with Gasteiger partial charge >= 0.3 is 0 Å². The second-order valence-electron chi connectivity index (χ2n) is 4.34. The summed E-state index contributed by atoms with van der Waals surface area (Å²) in [6, 6.07) is -0.00356. The van der Waals surface area contributed by atoms with Crippen LogP contribution >= 0.6 is 0 Å². The third-order valence-corrected chi connectivity index (χ3v) is 3.36. The number of hydrogen-bond acceptors (Lipinski definition) is 3. The molecule has 1 fully saturated rings. The number of imidazole rings is 1. The van der Waals surface area contributed by atoms with Crippen molar-refractivity contribution in [3.05, 3.63) is 17.2 Å². The van der Waals surface area contributed by atoms with Crippen molar-refractivity contribution in [3.8, 4) is 0 Å². The van der Waals surface area contributed by atoms with Crippen molar-refractivity contribution in [2.45, 2.75) is 38.8 Å². The molecule has 4 nitrogen and oxygen atoms in total. The van der Waals surface area contributed by atoms with E-state index in [9.17, 15) is 5.11 Å². The van der Waals surface area contributed by atoms with Crippen LogP contribution in [-0.4, -0.2) is 27.3 Å². The van der Waals surface area contributed by atoms with Crippen LogP contribution in [0.15, 0.2) is 0 Å². The zero-order chi connectivity index (χ0) is 11.0. The maximum Gasteiger partial charge on any atom is 0.128 e. The molecule has 0 amide bonds. The second-order valence-corrected chi connectivity index (χ2v) is 4.34. The van der Waals surface area contributed by atoms with Crippen LogP contribution in [0.5, 0.6) is 0 Å². The molecule has 1 aromatic heterocycles. The van der Waals surface area contributed by atoms with Crippen LogP contribution in [0.25, 0.3) is 0 Å². The summed E-state index contributed by atoms with van der Waals surface area (Å²) in [5.74, 6) is 0.956. The summed E-state index contributed by atoms with van der Waals surface area (Å²) in [6.07, 6.45) is 1.60. The first-order valence-corrected chi connectivity index (χ1v) is 5.52. The van der Waals surface area contributed by atoms with Gasteiger partial charge in [-0.05, 0) is 33.2 Å². The Kier molecular flexibility index (Phi) is 2.80. The van der Waals surface area contributed by atoms with Crippen LogP contribution in [0, 0.1) is 13.8 Å². The lowest BCUT2D eigenvalue weighted by Crippen LogP contribution is -2.39. The molecule has 84 valence electrons. The van der Waals surface area contributed by atoms with Crippen molar-refractivity contribution in [3.63, 3.8) is 0 Å². The monoisotopic (exact) mass is 209 g/mol. The van der Waals surface area contributed by atoms with Crippen LogP contribution in [0.1, 0.15) is 36.1 Å². The smallest absolute Gasteiger partial charge is 0.128 e. The number of aryl methyl sites for hydroxylation is 1. The third kappa shape index (κ3) is 1.79. The molecule has 1 saturated heterocycles. The summed E-state index contributed by atoms with van der Waals surface area (Å²) < 4.78 is 2.07. The van der Waals surface area contributed by atoms with Crippen molar-refractivity contribution in [1.29, 1.82) is 0 Å². The van der Waals surface area contributed by atoms with Crippen molar-refractivity contribution >= 4 is 0 Å². The van der Waals surface area contributed by atoms with Crippen LogP contribution in [0.4, 0.5) is 0 Å². The summed E-state index contributed by atoms with van der Waals surface area (Å²) in [7, 11) is 2.01. The minimum Gasteiger partial charge on any atom is -0.391 e. The van der Waals surface area contributed by atoms with Gasteiger partial charge in [0.2, 0.25) is 0 Å². The summed E-state index contributed by atoms with van der Waals surface area (Å²) >= 11 is 0. The predicted molar refractivity (Wildman–Crippen MR) is 58.7 cm³/mol. The molecule has 2 rings (SSSR count). The number of aliphatic hydroxyl groups is 1. The van der Waals surface area contributed by atoms with Gasteiger partial charge in [0.25, 0.3) is 0 Å². The first kappa shape index (κ1) is 10.6. The molecule has 0 aliphatic carbocycles. The minimum atomic E-state index is -0.307. The normalized spacial score (nSPS) is 26.9. The number of piperidine rings is 1. The van der Waals surface area contributed by atoms with Gasteiger partial charge in [0.05, 0.1) is 17.8 Å². The molecule has 1 aromatic rings. The van der Waals surface area contributed by atoms with Gasteiger partial charge in [-0.2, -0.15) is 0 Å². The van der Waals surface area contributed by atoms with E-state index in [2.05, 4.69) is 21.8 Å². The van der Waals surface area contributed by atoms with Crippen molar-refractivity contribution < 1.29 is 5.11 Å². The fraction of sp³-hybridized carbons (Fsp3) is 0.727. The fourth-order valence-electron chi connectivity index (χ4n) is 2.16. The number of rotatable bonds is 1. The largest absolute Gasteiger partial charge is 0.391 e. The first-order chi connectivity index (χ1) is 7.11. The van der Waals surface area contributed by atoms with Gasteiger partial charge < -0.3 is 15.0 Å². The Labute approximate surface area is 90.3 Å². The highest BCUT2D eigenvalue weighted by Crippen LogP contribution is 2.23. The van der Waals surface area contributed by atoms with Crippen LogP contribution < -0.4 is 5.32 Å². The molecule has 0 radical (unpaired) electrons. The molecule has 0 spiro atoms. The van der Waals surface area contributed by atoms with Crippen LogP contribution in [0.2, 0.25) is 0 Å². The summed E-state index contributed by atoms with van der Waals surface area (Å²) in [5, 5.41) is 13.3. The SMILES string of the molecule is Cc1nc(C2NCCCC2O)n(C)c1C. The third-order valence-electron chi connectivity index (χ3n) is 3.36. The van der Waals surface area contributed by atoms with Crippen molar-refractivity contribution in [2.75, 3.05) is 6.54 Å². The van der Waals surface area contributed by atoms with Gasteiger partial charge in [-0.1, -0.05) is 0 Å². The number of aliphatic hydroxyl groups excluding tert-OH is 1. The average Bonchev–Trinajstić information content (AvgIpc) is 2.47. The Morgan fingerprint density at radius 2 is 2.20 bits per heavy atom. The highest BCUT2D eigenvalue weighted by Gasteiger charge is 2.28. The molecular weight excluding hydrogens is 190 g/mol.